The molecule has 1 aliphatic rings. The van der Waals surface area contributed by atoms with E-state index in [1.54, 1.807) is 35.8 Å². The second kappa shape index (κ2) is 10.8. The van der Waals surface area contributed by atoms with Crippen molar-refractivity contribution in [2.75, 3.05) is 13.7 Å². The van der Waals surface area contributed by atoms with Crippen LogP contribution in [0.1, 0.15) is 48.3 Å². The molecule has 0 radical (unpaired) electrons. The Hall–Kier alpha value is -4.30. The lowest BCUT2D eigenvalue weighted by Gasteiger charge is -2.25. The Morgan fingerprint density at radius 1 is 1.03 bits per heavy atom. The molecule has 8 heteroatoms. The van der Waals surface area contributed by atoms with E-state index >= 15 is 0 Å². The maximum absolute atomic E-state index is 13.9. The highest BCUT2D eigenvalue weighted by Gasteiger charge is 2.33. The van der Waals surface area contributed by atoms with Gasteiger partial charge in [0.2, 0.25) is 0 Å². The molecular formula is C31H28N2O5S. The number of carbonyl (C=O) groups excluding carboxylic acids is 2. The largest absolute Gasteiger partial charge is 0.465 e. The van der Waals surface area contributed by atoms with Crippen molar-refractivity contribution in [3.05, 3.63) is 114 Å². The zero-order chi connectivity index (χ0) is 27.7. The fraction of sp³-hybridized carbons (Fsp3) is 0.226. The highest BCUT2D eigenvalue weighted by atomic mass is 32.1. The fourth-order valence-electron chi connectivity index (χ4n) is 4.66. The number of benzene rings is 3. The van der Waals surface area contributed by atoms with Crippen LogP contribution in [0.4, 0.5) is 0 Å². The molecule has 0 bridgehead atoms. The normalized spacial score (nSPS) is 15.3. The molecule has 0 spiro atoms. The molecule has 39 heavy (non-hydrogen) atoms. The number of nitrogens with zero attached hydrogens (tertiary/aromatic N) is 2. The molecule has 0 aliphatic carbocycles. The molecule has 5 rings (SSSR count). The van der Waals surface area contributed by atoms with Crippen LogP contribution in [0.15, 0.2) is 87.8 Å². The van der Waals surface area contributed by atoms with Gasteiger partial charge in [0.1, 0.15) is 0 Å². The SMILES string of the molecule is COC(=O)c1ccc(C2C(C(=O)OCC(C)C)=C(C)N=c3sc(=Cc4cccc5ccccc45)c(=O)n32)cc1. The van der Waals surface area contributed by atoms with Crippen molar-refractivity contribution < 1.29 is 19.1 Å². The van der Waals surface area contributed by atoms with Gasteiger partial charge >= 0.3 is 11.9 Å². The van der Waals surface area contributed by atoms with Crippen LogP contribution < -0.4 is 14.9 Å². The summed E-state index contributed by atoms with van der Waals surface area (Å²) in [4.78, 5) is 44.5. The lowest BCUT2D eigenvalue weighted by molar-refractivity contribution is -0.140. The van der Waals surface area contributed by atoms with Crippen LogP contribution in [0, 0.1) is 5.92 Å². The van der Waals surface area contributed by atoms with Gasteiger partial charge in [-0.15, -0.1) is 0 Å². The van der Waals surface area contributed by atoms with Gasteiger partial charge in [0.15, 0.2) is 4.80 Å². The first-order valence-corrected chi connectivity index (χ1v) is 13.5. The molecule has 0 saturated carbocycles. The van der Waals surface area contributed by atoms with E-state index in [1.807, 2.05) is 62.4 Å². The van der Waals surface area contributed by atoms with Crippen molar-refractivity contribution in [3.63, 3.8) is 0 Å². The molecule has 1 atom stereocenters. The van der Waals surface area contributed by atoms with Gasteiger partial charge in [-0.2, -0.15) is 0 Å². The smallest absolute Gasteiger partial charge is 0.338 e. The predicted molar refractivity (Wildman–Crippen MR) is 151 cm³/mol. The standard InChI is InChI=1S/C31H28N2O5S/c1-18(2)17-38-30(36)26-19(3)32-31-33(27(26)21-12-14-22(15-13-21)29(35)37-4)28(34)25(39-31)16-23-10-7-9-20-8-5-6-11-24(20)23/h5-16,18,27H,17H2,1-4H3. The number of aromatic nitrogens is 1. The quantitative estimate of drug-likeness (QED) is 0.339. The summed E-state index contributed by atoms with van der Waals surface area (Å²) >= 11 is 1.28. The Balaban J connectivity index is 1.69. The Kier molecular flexibility index (Phi) is 7.30. The van der Waals surface area contributed by atoms with Gasteiger partial charge in [-0.05, 0) is 52.9 Å². The molecule has 1 aliphatic heterocycles. The van der Waals surface area contributed by atoms with E-state index in [0.29, 0.717) is 31.7 Å². The lowest BCUT2D eigenvalue weighted by atomic mass is 9.95. The number of fused-ring (bicyclic) bond motifs is 2. The molecule has 0 fully saturated rings. The van der Waals surface area contributed by atoms with Crippen LogP contribution in [0.3, 0.4) is 0 Å². The van der Waals surface area contributed by atoms with E-state index in [1.165, 1.54) is 18.4 Å². The number of allylic oxidation sites excluding steroid dienone is 1. The van der Waals surface area contributed by atoms with E-state index in [0.717, 1.165) is 16.3 Å². The lowest BCUT2D eigenvalue weighted by Crippen LogP contribution is -2.40. The molecule has 198 valence electrons. The molecule has 3 aromatic carbocycles. The topological polar surface area (TPSA) is 87.0 Å². The van der Waals surface area contributed by atoms with Gasteiger partial charge < -0.3 is 9.47 Å². The summed E-state index contributed by atoms with van der Waals surface area (Å²) in [5.41, 5.74) is 2.48. The Bertz CT molecular complexity index is 1790. The molecule has 0 saturated heterocycles. The average molecular weight is 541 g/mol. The highest BCUT2D eigenvalue weighted by Crippen LogP contribution is 2.31. The van der Waals surface area contributed by atoms with Gasteiger partial charge in [-0.25, -0.2) is 14.6 Å². The molecular weight excluding hydrogens is 512 g/mol. The Labute approximate surface area is 229 Å². The maximum atomic E-state index is 13.9. The molecule has 1 unspecified atom stereocenters. The second-order valence-corrected chi connectivity index (χ2v) is 10.8. The monoisotopic (exact) mass is 540 g/mol. The number of rotatable bonds is 6. The van der Waals surface area contributed by atoms with Crippen LogP contribution in [0.2, 0.25) is 0 Å². The molecule has 0 amide bonds. The molecule has 4 aromatic rings. The Morgan fingerprint density at radius 2 is 1.74 bits per heavy atom. The third-order valence-electron chi connectivity index (χ3n) is 6.55. The number of methoxy groups -OCH3 is 1. The van der Waals surface area contributed by atoms with Crippen LogP contribution >= 0.6 is 11.3 Å². The summed E-state index contributed by atoms with van der Waals surface area (Å²) < 4.78 is 12.5. The summed E-state index contributed by atoms with van der Waals surface area (Å²) in [6.45, 7) is 5.91. The number of esters is 2. The van der Waals surface area contributed by atoms with E-state index in [4.69, 9.17) is 9.47 Å². The molecule has 1 aromatic heterocycles. The highest BCUT2D eigenvalue weighted by molar-refractivity contribution is 7.07. The van der Waals surface area contributed by atoms with E-state index < -0.39 is 18.0 Å². The van der Waals surface area contributed by atoms with E-state index in [-0.39, 0.29) is 18.1 Å². The zero-order valence-electron chi connectivity index (χ0n) is 22.1. The molecule has 0 N–H and O–H groups in total. The summed E-state index contributed by atoms with van der Waals surface area (Å²) in [6.07, 6.45) is 1.87. The number of carbonyl (C=O) groups is 2. The van der Waals surface area contributed by atoms with Crippen molar-refractivity contribution in [2.45, 2.75) is 26.8 Å². The maximum Gasteiger partial charge on any atom is 0.338 e. The molecule has 2 heterocycles. The summed E-state index contributed by atoms with van der Waals surface area (Å²) in [7, 11) is 1.32. The van der Waals surface area contributed by atoms with Crippen LogP contribution in [0.25, 0.3) is 16.8 Å². The van der Waals surface area contributed by atoms with Gasteiger partial charge in [-0.3, -0.25) is 9.36 Å². The van der Waals surface area contributed by atoms with Gasteiger partial charge in [0, 0.05) is 0 Å². The van der Waals surface area contributed by atoms with Crippen molar-refractivity contribution in [1.29, 1.82) is 0 Å². The first-order chi connectivity index (χ1) is 18.8. The Morgan fingerprint density at radius 3 is 2.46 bits per heavy atom. The van der Waals surface area contributed by atoms with Crippen molar-refractivity contribution in [3.8, 4) is 0 Å². The number of hydrogen-bond acceptors (Lipinski definition) is 7. The van der Waals surface area contributed by atoms with Crippen LogP contribution in [0.5, 0.6) is 0 Å². The number of thiazole rings is 1. The second-order valence-electron chi connectivity index (χ2n) is 9.76. The van der Waals surface area contributed by atoms with E-state index in [9.17, 15) is 14.4 Å². The first-order valence-electron chi connectivity index (χ1n) is 12.6. The predicted octanol–water partition coefficient (Wildman–Crippen LogP) is 4.37. The number of hydrogen-bond donors (Lipinski definition) is 0. The van der Waals surface area contributed by atoms with E-state index in [2.05, 4.69) is 4.99 Å². The van der Waals surface area contributed by atoms with Crippen molar-refractivity contribution >= 4 is 40.1 Å². The summed E-state index contributed by atoms with van der Waals surface area (Å²) in [5.74, 6) is -0.839. The summed E-state index contributed by atoms with van der Waals surface area (Å²) in [5, 5.41) is 2.11. The average Bonchev–Trinajstić information content (AvgIpc) is 3.24. The minimum Gasteiger partial charge on any atom is -0.465 e. The summed E-state index contributed by atoms with van der Waals surface area (Å²) in [6, 6.07) is 19.9. The zero-order valence-corrected chi connectivity index (χ0v) is 23.0. The number of ether oxygens (including phenoxy) is 2. The van der Waals surface area contributed by atoms with Crippen molar-refractivity contribution in [1.82, 2.24) is 4.57 Å². The van der Waals surface area contributed by atoms with Gasteiger partial charge in [0.05, 0.1) is 41.1 Å². The van der Waals surface area contributed by atoms with Crippen LogP contribution in [-0.2, 0) is 14.3 Å². The fourth-order valence-corrected chi connectivity index (χ4v) is 5.69. The molecule has 7 nitrogen and oxygen atoms in total. The third-order valence-corrected chi connectivity index (χ3v) is 7.53. The minimum absolute atomic E-state index is 0.148. The van der Waals surface area contributed by atoms with Crippen molar-refractivity contribution in [2.24, 2.45) is 10.9 Å². The van der Waals surface area contributed by atoms with Gasteiger partial charge in [-0.1, -0.05) is 79.8 Å². The van der Waals surface area contributed by atoms with Crippen LogP contribution in [-0.4, -0.2) is 30.2 Å². The first kappa shape index (κ1) is 26.3. The third kappa shape index (κ3) is 5.07. The minimum atomic E-state index is -0.762. The van der Waals surface area contributed by atoms with Gasteiger partial charge in [0.25, 0.3) is 5.56 Å².